The van der Waals surface area contributed by atoms with E-state index >= 15 is 0 Å². The summed E-state index contributed by atoms with van der Waals surface area (Å²) in [6, 6.07) is 20.2. The Kier molecular flexibility index (Phi) is 7.65. The first-order valence-corrected chi connectivity index (χ1v) is 11.9. The predicted octanol–water partition coefficient (Wildman–Crippen LogP) is 6.66. The quantitative estimate of drug-likeness (QED) is 0.455. The molecule has 0 atom stereocenters. The van der Waals surface area contributed by atoms with Crippen LogP contribution in [0.5, 0.6) is 11.5 Å². The van der Waals surface area contributed by atoms with Crippen molar-refractivity contribution >= 4 is 16.7 Å². The number of rotatable bonds is 7. The number of carbonyl (C=O) groups excluding carboxylic acids is 1. The van der Waals surface area contributed by atoms with Crippen molar-refractivity contribution in [3.8, 4) is 11.5 Å². The Labute approximate surface area is 190 Å². The van der Waals surface area contributed by atoms with Crippen molar-refractivity contribution in [2.75, 3.05) is 6.61 Å². The molecule has 1 fully saturated rings. The molecule has 4 heteroatoms. The summed E-state index contributed by atoms with van der Waals surface area (Å²) in [5.41, 5.74) is 1.54. The summed E-state index contributed by atoms with van der Waals surface area (Å²) >= 11 is 0. The van der Waals surface area contributed by atoms with E-state index in [0.29, 0.717) is 18.8 Å². The number of amides is 1. The largest absolute Gasteiger partial charge is 0.493 e. The van der Waals surface area contributed by atoms with Crippen LogP contribution in [-0.4, -0.2) is 18.6 Å². The Balaban J connectivity index is 1.50. The molecule has 0 unspecified atom stereocenters. The molecule has 1 N–H and O–H groups in total. The lowest BCUT2D eigenvalue weighted by atomic mass is 9.96. The Bertz CT molecular complexity index is 1030. The molecule has 0 saturated heterocycles. The maximum Gasteiger partial charge on any atom is 0.251 e. The lowest BCUT2D eigenvalue weighted by Gasteiger charge is -2.21. The molecular weight excluding hydrogens is 398 g/mol. The van der Waals surface area contributed by atoms with Crippen molar-refractivity contribution < 1.29 is 14.3 Å². The second-order valence-electron chi connectivity index (χ2n) is 8.54. The highest BCUT2D eigenvalue weighted by molar-refractivity contribution is 5.94. The molecule has 0 spiro atoms. The third-order valence-corrected chi connectivity index (χ3v) is 6.20. The van der Waals surface area contributed by atoms with Crippen molar-refractivity contribution in [1.29, 1.82) is 0 Å². The molecule has 32 heavy (non-hydrogen) atoms. The van der Waals surface area contributed by atoms with Gasteiger partial charge in [-0.1, -0.05) is 68.5 Å². The van der Waals surface area contributed by atoms with E-state index in [-0.39, 0.29) is 11.9 Å². The summed E-state index contributed by atoms with van der Waals surface area (Å²) in [5.74, 6) is 1.58. The predicted molar refractivity (Wildman–Crippen MR) is 129 cm³/mol. The van der Waals surface area contributed by atoms with Gasteiger partial charge in [-0.15, -0.1) is 0 Å². The van der Waals surface area contributed by atoms with E-state index in [1.54, 1.807) is 0 Å². The highest BCUT2D eigenvalue weighted by atomic mass is 16.5. The number of carbonyl (C=O) groups is 1. The summed E-state index contributed by atoms with van der Waals surface area (Å²) in [6.07, 6.45) is 8.38. The molecule has 0 heterocycles. The first-order valence-electron chi connectivity index (χ1n) is 11.9. The van der Waals surface area contributed by atoms with Crippen LogP contribution in [0.25, 0.3) is 10.8 Å². The lowest BCUT2D eigenvalue weighted by Crippen LogP contribution is -2.35. The maximum absolute atomic E-state index is 13.0. The van der Waals surface area contributed by atoms with Crippen LogP contribution in [0.15, 0.2) is 60.7 Å². The Morgan fingerprint density at radius 3 is 2.44 bits per heavy atom. The van der Waals surface area contributed by atoms with E-state index in [1.165, 1.54) is 32.1 Å². The Morgan fingerprint density at radius 1 is 0.875 bits per heavy atom. The van der Waals surface area contributed by atoms with Crippen LogP contribution in [0.1, 0.15) is 67.8 Å². The van der Waals surface area contributed by atoms with Gasteiger partial charge in [0.2, 0.25) is 0 Å². The van der Waals surface area contributed by atoms with Gasteiger partial charge in [0.25, 0.3) is 5.91 Å². The fraction of sp³-hybridized carbons (Fsp3) is 0.393. The molecule has 0 aromatic heterocycles. The maximum atomic E-state index is 13.0. The van der Waals surface area contributed by atoms with Gasteiger partial charge in [0.05, 0.1) is 6.61 Å². The Hall–Kier alpha value is -3.01. The monoisotopic (exact) mass is 431 g/mol. The third-order valence-electron chi connectivity index (χ3n) is 6.20. The van der Waals surface area contributed by atoms with Gasteiger partial charge in [-0.2, -0.15) is 0 Å². The molecule has 1 amide bonds. The summed E-state index contributed by atoms with van der Waals surface area (Å²) in [5, 5.41) is 5.48. The smallest absolute Gasteiger partial charge is 0.251 e. The SMILES string of the molecule is CCOc1ccc(C(=O)NC2CCCCCCC2)cc1COc1cccc2ccccc12. The molecule has 1 saturated carbocycles. The minimum Gasteiger partial charge on any atom is -0.493 e. The van der Waals surface area contributed by atoms with Gasteiger partial charge in [-0.05, 0) is 49.4 Å². The van der Waals surface area contributed by atoms with Crippen molar-refractivity contribution in [1.82, 2.24) is 5.32 Å². The van der Waals surface area contributed by atoms with Crippen molar-refractivity contribution in [3.05, 3.63) is 71.8 Å². The van der Waals surface area contributed by atoms with Crippen LogP contribution in [0.4, 0.5) is 0 Å². The zero-order chi connectivity index (χ0) is 22.2. The van der Waals surface area contributed by atoms with E-state index < -0.39 is 0 Å². The molecule has 3 aromatic carbocycles. The van der Waals surface area contributed by atoms with Crippen LogP contribution in [0, 0.1) is 0 Å². The molecular formula is C28H33NO3. The van der Waals surface area contributed by atoms with Crippen molar-refractivity contribution in [3.63, 3.8) is 0 Å². The molecule has 4 nitrogen and oxygen atoms in total. The van der Waals surface area contributed by atoms with E-state index in [4.69, 9.17) is 9.47 Å². The minimum absolute atomic E-state index is 0.00923. The fourth-order valence-corrected chi connectivity index (χ4v) is 4.48. The van der Waals surface area contributed by atoms with Gasteiger partial charge >= 0.3 is 0 Å². The number of hydrogen-bond acceptors (Lipinski definition) is 3. The molecule has 3 aromatic rings. The zero-order valence-electron chi connectivity index (χ0n) is 18.9. The second kappa shape index (κ2) is 11.0. The standard InChI is InChI=1S/C28H33NO3/c1-2-31-26-18-17-22(28(30)29-24-13-6-4-3-5-7-14-24)19-23(26)20-32-27-16-10-12-21-11-8-9-15-25(21)27/h8-12,15-19,24H,2-7,13-14,20H2,1H3,(H,29,30). The van der Waals surface area contributed by atoms with Crippen LogP contribution in [0.3, 0.4) is 0 Å². The van der Waals surface area contributed by atoms with Crippen LogP contribution in [-0.2, 0) is 6.61 Å². The van der Waals surface area contributed by atoms with E-state index in [0.717, 1.165) is 40.7 Å². The number of fused-ring (bicyclic) bond motifs is 1. The van der Waals surface area contributed by atoms with Gasteiger partial charge in [0.1, 0.15) is 18.1 Å². The number of nitrogens with one attached hydrogen (secondary N) is 1. The average molecular weight is 432 g/mol. The summed E-state index contributed by atoms with van der Waals surface area (Å²) < 4.78 is 12.0. The normalized spacial score (nSPS) is 15.0. The van der Waals surface area contributed by atoms with E-state index in [2.05, 4.69) is 23.5 Å². The highest BCUT2D eigenvalue weighted by Crippen LogP contribution is 2.28. The Morgan fingerprint density at radius 2 is 1.62 bits per heavy atom. The third kappa shape index (κ3) is 5.61. The summed E-state index contributed by atoms with van der Waals surface area (Å²) in [7, 11) is 0. The van der Waals surface area contributed by atoms with Gasteiger partial charge in [0, 0.05) is 22.6 Å². The second-order valence-corrected chi connectivity index (χ2v) is 8.54. The number of hydrogen-bond donors (Lipinski definition) is 1. The van der Waals surface area contributed by atoms with Gasteiger partial charge in [0.15, 0.2) is 0 Å². The number of benzene rings is 3. The minimum atomic E-state index is -0.00923. The molecule has 0 aliphatic heterocycles. The first kappa shape index (κ1) is 22.2. The molecule has 4 rings (SSSR count). The summed E-state index contributed by atoms with van der Waals surface area (Å²) in [6.45, 7) is 2.87. The van der Waals surface area contributed by atoms with E-state index in [1.807, 2.05) is 49.4 Å². The molecule has 1 aliphatic rings. The molecule has 1 aliphatic carbocycles. The summed E-state index contributed by atoms with van der Waals surface area (Å²) in [4.78, 5) is 13.0. The molecule has 0 bridgehead atoms. The lowest BCUT2D eigenvalue weighted by molar-refractivity contribution is 0.0930. The highest BCUT2D eigenvalue weighted by Gasteiger charge is 2.17. The molecule has 0 radical (unpaired) electrons. The van der Waals surface area contributed by atoms with Gasteiger partial charge < -0.3 is 14.8 Å². The molecule has 168 valence electrons. The average Bonchev–Trinajstić information content (AvgIpc) is 2.80. The zero-order valence-corrected chi connectivity index (χ0v) is 18.9. The fourth-order valence-electron chi connectivity index (χ4n) is 4.48. The van der Waals surface area contributed by atoms with Crippen molar-refractivity contribution in [2.45, 2.75) is 64.5 Å². The van der Waals surface area contributed by atoms with Crippen LogP contribution < -0.4 is 14.8 Å². The van der Waals surface area contributed by atoms with Crippen LogP contribution >= 0.6 is 0 Å². The van der Waals surface area contributed by atoms with E-state index in [9.17, 15) is 4.79 Å². The number of ether oxygens (including phenoxy) is 2. The first-order chi connectivity index (χ1) is 15.7. The van der Waals surface area contributed by atoms with Crippen molar-refractivity contribution in [2.24, 2.45) is 0 Å². The topological polar surface area (TPSA) is 47.6 Å². The van der Waals surface area contributed by atoms with Crippen LogP contribution in [0.2, 0.25) is 0 Å². The van der Waals surface area contributed by atoms with Gasteiger partial charge in [-0.3, -0.25) is 4.79 Å². The van der Waals surface area contributed by atoms with Gasteiger partial charge in [-0.25, -0.2) is 0 Å².